The molecule has 0 radical (unpaired) electrons. The molecule has 2 heterocycles. The Hall–Kier alpha value is -1.67. The second-order valence-electron chi connectivity index (χ2n) is 6.13. The van der Waals surface area contributed by atoms with Crippen LogP contribution in [0, 0.1) is 0 Å². The summed E-state index contributed by atoms with van der Waals surface area (Å²) < 4.78 is 12.7. The molecule has 2 N–H and O–H groups in total. The van der Waals surface area contributed by atoms with Crippen molar-refractivity contribution in [3.63, 3.8) is 0 Å². The zero-order chi connectivity index (χ0) is 17.7. The summed E-state index contributed by atoms with van der Waals surface area (Å²) in [6.07, 6.45) is 6.57. The Balaban J connectivity index is 1.62. The summed E-state index contributed by atoms with van der Waals surface area (Å²) in [5, 5.41) is 15.3. The lowest BCUT2D eigenvalue weighted by molar-refractivity contribution is 0.0698. The standard InChI is InChI=1S/C17H32N6O2/c1-18-17(19-9-6-12-25-14-13-24-2)20-10-8-16-22-21-15-7-4-3-5-11-23(15)16/h3-14H2,1-2H3,(H2,18,19,20). The van der Waals surface area contributed by atoms with Crippen LogP contribution >= 0.6 is 0 Å². The molecule has 0 spiro atoms. The van der Waals surface area contributed by atoms with Gasteiger partial charge in [-0.25, -0.2) is 0 Å². The van der Waals surface area contributed by atoms with Crippen molar-refractivity contribution in [2.75, 3.05) is 47.1 Å². The summed E-state index contributed by atoms with van der Waals surface area (Å²) in [5.41, 5.74) is 0. The summed E-state index contributed by atoms with van der Waals surface area (Å²) in [4.78, 5) is 4.25. The van der Waals surface area contributed by atoms with Crippen molar-refractivity contribution in [2.45, 2.75) is 45.1 Å². The second kappa shape index (κ2) is 11.8. The molecule has 8 heteroatoms. The number of fused-ring (bicyclic) bond motifs is 1. The molecule has 2 rings (SSSR count). The Morgan fingerprint density at radius 1 is 1.12 bits per heavy atom. The normalized spacial score (nSPS) is 14.9. The van der Waals surface area contributed by atoms with E-state index in [4.69, 9.17) is 9.47 Å². The molecule has 0 unspecified atom stereocenters. The smallest absolute Gasteiger partial charge is 0.190 e. The zero-order valence-corrected chi connectivity index (χ0v) is 15.6. The largest absolute Gasteiger partial charge is 0.382 e. The minimum Gasteiger partial charge on any atom is -0.382 e. The minimum atomic E-state index is 0.642. The first-order valence-corrected chi connectivity index (χ1v) is 9.27. The maximum Gasteiger partial charge on any atom is 0.190 e. The SMILES string of the molecule is CN=C(NCCCOCCOC)NCCc1nnc2n1CCCCC2. The number of nitrogens with zero attached hydrogens (tertiary/aromatic N) is 4. The van der Waals surface area contributed by atoms with Gasteiger partial charge in [0.1, 0.15) is 11.6 Å². The van der Waals surface area contributed by atoms with Gasteiger partial charge in [-0.05, 0) is 19.3 Å². The first-order valence-electron chi connectivity index (χ1n) is 9.27. The predicted molar refractivity (Wildman–Crippen MR) is 98.0 cm³/mol. The van der Waals surface area contributed by atoms with Crippen LogP contribution in [0.5, 0.6) is 0 Å². The highest BCUT2D eigenvalue weighted by Gasteiger charge is 2.14. The number of hydrogen-bond donors (Lipinski definition) is 2. The van der Waals surface area contributed by atoms with E-state index >= 15 is 0 Å². The van der Waals surface area contributed by atoms with Crippen LogP contribution in [0.4, 0.5) is 0 Å². The van der Waals surface area contributed by atoms with Gasteiger partial charge in [0.15, 0.2) is 5.96 Å². The van der Waals surface area contributed by atoms with E-state index in [-0.39, 0.29) is 0 Å². The van der Waals surface area contributed by atoms with Crippen molar-refractivity contribution >= 4 is 5.96 Å². The van der Waals surface area contributed by atoms with Gasteiger partial charge >= 0.3 is 0 Å². The molecule has 1 aliphatic heterocycles. The van der Waals surface area contributed by atoms with E-state index < -0.39 is 0 Å². The molecule has 0 amide bonds. The Morgan fingerprint density at radius 2 is 2.00 bits per heavy atom. The molecule has 0 bridgehead atoms. The van der Waals surface area contributed by atoms with Crippen LogP contribution in [0.25, 0.3) is 0 Å². The van der Waals surface area contributed by atoms with Crippen LogP contribution < -0.4 is 10.6 Å². The number of guanidine groups is 1. The van der Waals surface area contributed by atoms with E-state index in [0.717, 1.165) is 63.1 Å². The van der Waals surface area contributed by atoms with Crippen molar-refractivity contribution in [3.8, 4) is 0 Å². The predicted octanol–water partition coefficient (Wildman–Crippen LogP) is 0.765. The van der Waals surface area contributed by atoms with Gasteiger partial charge in [0.25, 0.3) is 0 Å². The van der Waals surface area contributed by atoms with Gasteiger partial charge < -0.3 is 24.7 Å². The van der Waals surface area contributed by atoms with Crippen LogP contribution in [0.2, 0.25) is 0 Å². The molecule has 1 aliphatic rings. The van der Waals surface area contributed by atoms with Crippen LogP contribution in [-0.4, -0.2) is 67.8 Å². The highest BCUT2D eigenvalue weighted by atomic mass is 16.5. The number of aliphatic imine (C=N–C) groups is 1. The number of aryl methyl sites for hydroxylation is 1. The molecule has 25 heavy (non-hydrogen) atoms. The maximum absolute atomic E-state index is 5.44. The quantitative estimate of drug-likeness (QED) is 0.367. The van der Waals surface area contributed by atoms with Gasteiger partial charge in [0.05, 0.1) is 13.2 Å². The Kier molecular flexibility index (Phi) is 9.28. The molecule has 0 atom stereocenters. The van der Waals surface area contributed by atoms with Gasteiger partial charge in [-0.15, -0.1) is 10.2 Å². The maximum atomic E-state index is 5.44. The number of rotatable bonds is 10. The first kappa shape index (κ1) is 19.7. The summed E-state index contributed by atoms with van der Waals surface area (Å²) in [7, 11) is 3.46. The Morgan fingerprint density at radius 3 is 2.84 bits per heavy atom. The van der Waals surface area contributed by atoms with E-state index in [0.29, 0.717) is 13.2 Å². The van der Waals surface area contributed by atoms with Gasteiger partial charge in [-0.2, -0.15) is 0 Å². The van der Waals surface area contributed by atoms with Crippen LogP contribution in [0.3, 0.4) is 0 Å². The zero-order valence-electron chi connectivity index (χ0n) is 15.6. The van der Waals surface area contributed by atoms with Gasteiger partial charge in [-0.3, -0.25) is 4.99 Å². The molecule has 0 saturated carbocycles. The third kappa shape index (κ3) is 6.99. The monoisotopic (exact) mass is 352 g/mol. The average Bonchev–Trinajstić information content (AvgIpc) is 2.86. The number of methoxy groups -OCH3 is 1. The van der Waals surface area contributed by atoms with Crippen LogP contribution in [-0.2, 0) is 28.9 Å². The molecule has 142 valence electrons. The fourth-order valence-electron chi connectivity index (χ4n) is 2.87. The fourth-order valence-corrected chi connectivity index (χ4v) is 2.87. The van der Waals surface area contributed by atoms with E-state index in [1.54, 1.807) is 14.2 Å². The van der Waals surface area contributed by atoms with Crippen LogP contribution in [0.15, 0.2) is 4.99 Å². The molecule has 0 aliphatic carbocycles. The summed E-state index contributed by atoms with van der Waals surface area (Å²) >= 11 is 0. The second-order valence-corrected chi connectivity index (χ2v) is 6.13. The minimum absolute atomic E-state index is 0.642. The number of aromatic nitrogens is 3. The summed E-state index contributed by atoms with van der Waals surface area (Å²) in [5.74, 6) is 3.03. The van der Waals surface area contributed by atoms with Crippen molar-refractivity contribution in [2.24, 2.45) is 4.99 Å². The lowest BCUT2D eigenvalue weighted by atomic mass is 10.2. The van der Waals surface area contributed by atoms with Crippen molar-refractivity contribution in [1.82, 2.24) is 25.4 Å². The van der Waals surface area contributed by atoms with Crippen molar-refractivity contribution in [3.05, 3.63) is 11.6 Å². The average molecular weight is 352 g/mol. The molecular weight excluding hydrogens is 320 g/mol. The highest BCUT2D eigenvalue weighted by Crippen LogP contribution is 2.14. The molecule has 0 fully saturated rings. The molecule has 0 saturated heterocycles. The first-order chi connectivity index (χ1) is 12.3. The van der Waals surface area contributed by atoms with Crippen molar-refractivity contribution < 1.29 is 9.47 Å². The van der Waals surface area contributed by atoms with E-state index in [2.05, 4.69) is 30.4 Å². The molecule has 8 nitrogen and oxygen atoms in total. The van der Waals surface area contributed by atoms with Crippen molar-refractivity contribution in [1.29, 1.82) is 0 Å². The van der Waals surface area contributed by atoms with E-state index in [1.165, 1.54) is 19.3 Å². The topological polar surface area (TPSA) is 85.6 Å². The third-order valence-electron chi connectivity index (χ3n) is 4.24. The molecular formula is C17H32N6O2. The molecule has 1 aromatic rings. The summed E-state index contributed by atoms with van der Waals surface area (Å²) in [6.45, 7) is 4.68. The van der Waals surface area contributed by atoms with E-state index in [1.807, 2.05) is 0 Å². The Bertz CT molecular complexity index is 517. The summed E-state index contributed by atoms with van der Waals surface area (Å²) in [6, 6.07) is 0. The van der Waals surface area contributed by atoms with Crippen LogP contribution in [0.1, 0.15) is 37.3 Å². The van der Waals surface area contributed by atoms with Gasteiger partial charge in [0, 0.05) is 53.2 Å². The highest BCUT2D eigenvalue weighted by molar-refractivity contribution is 5.79. The van der Waals surface area contributed by atoms with E-state index in [9.17, 15) is 0 Å². The number of hydrogen-bond acceptors (Lipinski definition) is 5. The van der Waals surface area contributed by atoms with Gasteiger partial charge in [0.2, 0.25) is 0 Å². The number of nitrogens with one attached hydrogen (secondary N) is 2. The Labute approximate surface area is 150 Å². The third-order valence-corrected chi connectivity index (χ3v) is 4.24. The lowest BCUT2D eigenvalue weighted by Crippen LogP contribution is -2.39. The molecule has 0 aromatic carbocycles. The molecule has 1 aromatic heterocycles. The lowest BCUT2D eigenvalue weighted by Gasteiger charge is -2.12. The number of ether oxygens (including phenoxy) is 2. The fraction of sp³-hybridized carbons (Fsp3) is 0.824. The van der Waals surface area contributed by atoms with Gasteiger partial charge in [-0.1, -0.05) is 6.42 Å².